The molecule has 0 saturated carbocycles. The molecule has 2 rings (SSSR count). The first-order chi connectivity index (χ1) is 8.29. The van der Waals surface area contributed by atoms with Crippen LogP contribution in [0.4, 0.5) is 5.82 Å². The van der Waals surface area contributed by atoms with Gasteiger partial charge in [0, 0.05) is 31.2 Å². The lowest BCUT2D eigenvalue weighted by Gasteiger charge is -2.31. The predicted molar refractivity (Wildman–Crippen MR) is 69.0 cm³/mol. The van der Waals surface area contributed by atoms with Crippen LogP contribution in [-0.4, -0.2) is 53.0 Å². The van der Waals surface area contributed by atoms with Gasteiger partial charge in [-0.15, -0.1) is 0 Å². The van der Waals surface area contributed by atoms with Gasteiger partial charge in [0.15, 0.2) is 5.82 Å². The van der Waals surface area contributed by atoms with Crippen molar-refractivity contribution in [2.45, 2.75) is 18.1 Å². The molecule has 1 aromatic rings. The van der Waals surface area contributed by atoms with E-state index in [1.54, 1.807) is 24.2 Å². The molecule has 0 spiro atoms. The zero-order chi connectivity index (χ0) is 12.1. The van der Waals surface area contributed by atoms with Crippen LogP contribution in [0.15, 0.2) is 17.4 Å². The summed E-state index contributed by atoms with van der Waals surface area (Å²) in [5.74, 6) is 1.38. The number of nitrogens with zero attached hydrogens (tertiary/aromatic N) is 3. The largest absolute Gasteiger partial charge is 0.381 e. The van der Waals surface area contributed by atoms with Crippen LogP contribution in [0.25, 0.3) is 0 Å². The maximum Gasteiger partial charge on any atom is 0.156 e. The van der Waals surface area contributed by atoms with Crippen LogP contribution in [0.2, 0.25) is 0 Å². The second kappa shape index (κ2) is 6.18. The molecule has 1 unspecified atom stereocenters. The first-order valence-electron chi connectivity index (χ1n) is 5.83. The van der Waals surface area contributed by atoms with Gasteiger partial charge in [-0.25, -0.2) is 9.97 Å². The second-order valence-corrected chi connectivity index (χ2v) is 4.95. The lowest BCUT2D eigenvalue weighted by atomic mass is 10.3. The maximum absolute atomic E-state index is 5.74. The summed E-state index contributed by atoms with van der Waals surface area (Å²) in [4.78, 5) is 10.6. The molecule has 1 fully saturated rings. The number of aromatic nitrogens is 2. The van der Waals surface area contributed by atoms with Crippen LogP contribution in [0, 0.1) is 0 Å². The molecule has 17 heavy (non-hydrogen) atoms. The highest BCUT2D eigenvalue weighted by atomic mass is 32.2. The molecule has 1 aliphatic heterocycles. The Kier molecular flexibility index (Phi) is 4.58. The Bertz CT molecular complexity index is 363. The number of anilines is 1. The summed E-state index contributed by atoms with van der Waals surface area (Å²) in [6.45, 7) is 6.09. The standard InChI is InChI=1S/C11H18N4OS/c1-2-15-5-6-16-9(7-15)8-17-11-10(12)13-3-4-14-11/h3-4,9H,2,5-8H2,1H3,(H2,12,13). The summed E-state index contributed by atoms with van der Waals surface area (Å²) in [7, 11) is 0. The maximum atomic E-state index is 5.74. The Morgan fingerprint density at radius 1 is 1.53 bits per heavy atom. The number of rotatable bonds is 4. The third kappa shape index (κ3) is 3.55. The lowest BCUT2D eigenvalue weighted by molar-refractivity contribution is -0.0137. The van der Waals surface area contributed by atoms with E-state index in [1.807, 2.05) is 0 Å². The zero-order valence-corrected chi connectivity index (χ0v) is 10.8. The summed E-state index contributed by atoms with van der Waals surface area (Å²) < 4.78 is 5.72. The van der Waals surface area contributed by atoms with Crippen molar-refractivity contribution in [1.82, 2.24) is 14.9 Å². The number of ether oxygens (including phenoxy) is 1. The van der Waals surface area contributed by atoms with Crippen LogP contribution in [0.5, 0.6) is 0 Å². The molecule has 1 aromatic heterocycles. The number of likely N-dealkylation sites (N-methyl/N-ethyl adjacent to an activating group) is 1. The Labute approximate surface area is 106 Å². The molecule has 1 atom stereocenters. The molecule has 0 radical (unpaired) electrons. The highest BCUT2D eigenvalue weighted by molar-refractivity contribution is 7.99. The molecule has 0 aliphatic carbocycles. The molecule has 1 saturated heterocycles. The van der Waals surface area contributed by atoms with Crippen molar-refractivity contribution in [3.8, 4) is 0 Å². The van der Waals surface area contributed by atoms with Crippen molar-refractivity contribution in [2.75, 3.05) is 37.7 Å². The van der Waals surface area contributed by atoms with Gasteiger partial charge in [-0.05, 0) is 6.54 Å². The molecule has 0 bridgehead atoms. The fraction of sp³-hybridized carbons (Fsp3) is 0.636. The average molecular weight is 254 g/mol. The monoisotopic (exact) mass is 254 g/mol. The zero-order valence-electron chi connectivity index (χ0n) is 10.0. The van der Waals surface area contributed by atoms with Gasteiger partial charge in [-0.1, -0.05) is 18.7 Å². The van der Waals surface area contributed by atoms with E-state index in [2.05, 4.69) is 21.8 Å². The van der Waals surface area contributed by atoms with Crippen LogP contribution in [0.3, 0.4) is 0 Å². The van der Waals surface area contributed by atoms with E-state index >= 15 is 0 Å². The van der Waals surface area contributed by atoms with E-state index in [-0.39, 0.29) is 6.10 Å². The molecule has 2 N–H and O–H groups in total. The number of thioether (sulfide) groups is 1. The first kappa shape index (κ1) is 12.6. The van der Waals surface area contributed by atoms with Gasteiger partial charge in [0.25, 0.3) is 0 Å². The molecule has 94 valence electrons. The molecule has 0 amide bonds. The summed E-state index contributed by atoms with van der Waals surface area (Å²) >= 11 is 1.62. The van der Waals surface area contributed by atoms with E-state index < -0.39 is 0 Å². The molecule has 0 aromatic carbocycles. The van der Waals surface area contributed by atoms with Gasteiger partial charge < -0.3 is 10.5 Å². The smallest absolute Gasteiger partial charge is 0.156 e. The van der Waals surface area contributed by atoms with Crippen molar-refractivity contribution in [2.24, 2.45) is 0 Å². The van der Waals surface area contributed by atoms with E-state index in [0.717, 1.165) is 37.0 Å². The van der Waals surface area contributed by atoms with E-state index in [4.69, 9.17) is 10.5 Å². The molecular weight excluding hydrogens is 236 g/mol. The quantitative estimate of drug-likeness (QED) is 0.804. The van der Waals surface area contributed by atoms with Gasteiger partial charge in [-0.3, -0.25) is 4.90 Å². The van der Waals surface area contributed by atoms with Crippen molar-refractivity contribution in [3.63, 3.8) is 0 Å². The fourth-order valence-corrected chi connectivity index (χ4v) is 2.67. The third-order valence-electron chi connectivity index (χ3n) is 2.77. The van der Waals surface area contributed by atoms with Gasteiger partial charge in [0.1, 0.15) is 5.03 Å². The minimum absolute atomic E-state index is 0.259. The Balaban J connectivity index is 1.84. The summed E-state index contributed by atoms with van der Waals surface area (Å²) in [6, 6.07) is 0. The summed E-state index contributed by atoms with van der Waals surface area (Å²) in [5, 5.41) is 0.796. The predicted octanol–water partition coefficient (Wildman–Crippen LogP) is 0.872. The van der Waals surface area contributed by atoms with Crippen molar-refractivity contribution in [1.29, 1.82) is 0 Å². The van der Waals surface area contributed by atoms with Crippen molar-refractivity contribution >= 4 is 17.6 Å². The van der Waals surface area contributed by atoms with Gasteiger partial charge in [0.05, 0.1) is 12.7 Å². The normalized spacial score (nSPS) is 21.6. The third-order valence-corrected chi connectivity index (χ3v) is 3.89. The fourth-order valence-electron chi connectivity index (χ4n) is 1.79. The number of nitrogen functional groups attached to an aromatic ring is 1. The first-order valence-corrected chi connectivity index (χ1v) is 6.81. The molecular formula is C11H18N4OS. The highest BCUT2D eigenvalue weighted by Crippen LogP contribution is 2.22. The SMILES string of the molecule is CCN1CCOC(CSc2nccnc2N)C1. The lowest BCUT2D eigenvalue weighted by Crippen LogP contribution is -2.43. The second-order valence-electron chi connectivity index (χ2n) is 3.94. The van der Waals surface area contributed by atoms with Crippen molar-refractivity contribution in [3.05, 3.63) is 12.4 Å². The van der Waals surface area contributed by atoms with Gasteiger partial charge in [-0.2, -0.15) is 0 Å². The molecule has 2 heterocycles. The number of morpholine rings is 1. The number of hydrogen-bond acceptors (Lipinski definition) is 6. The minimum Gasteiger partial charge on any atom is -0.381 e. The molecule has 1 aliphatic rings. The Morgan fingerprint density at radius 2 is 2.35 bits per heavy atom. The van der Waals surface area contributed by atoms with E-state index in [0.29, 0.717) is 5.82 Å². The van der Waals surface area contributed by atoms with Crippen LogP contribution in [0.1, 0.15) is 6.92 Å². The van der Waals surface area contributed by atoms with E-state index in [9.17, 15) is 0 Å². The highest BCUT2D eigenvalue weighted by Gasteiger charge is 2.19. The van der Waals surface area contributed by atoms with E-state index in [1.165, 1.54) is 0 Å². The Hall–Kier alpha value is -0.850. The topological polar surface area (TPSA) is 64.3 Å². The number of nitrogens with two attached hydrogens (primary N) is 1. The molecule has 6 heteroatoms. The van der Waals surface area contributed by atoms with Crippen molar-refractivity contribution < 1.29 is 4.74 Å². The van der Waals surface area contributed by atoms with Crippen LogP contribution in [-0.2, 0) is 4.74 Å². The van der Waals surface area contributed by atoms with Gasteiger partial charge in [0.2, 0.25) is 0 Å². The summed E-state index contributed by atoms with van der Waals surface area (Å²) in [6.07, 6.45) is 3.53. The number of hydrogen-bond donors (Lipinski definition) is 1. The Morgan fingerprint density at radius 3 is 3.12 bits per heavy atom. The summed E-state index contributed by atoms with van der Waals surface area (Å²) in [5.41, 5.74) is 5.74. The molecule has 5 nitrogen and oxygen atoms in total. The minimum atomic E-state index is 0.259. The average Bonchev–Trinajstić information content (AvgIpc) is 2.38. The van der Waals surface area contributed by atoms with Crippen LogP contribution >= 0.6 is 11.8 Å². The van der Waals surface area contributed by atoms with Gasteiger partial charge >= 0.3 is 0 Å². The van der Waals surface area contributed by atoms with Crippen LogP contribution < -0.4 is 5.73 Å².